The third-order valence-electron chi connectivity index (χ3n) is 4.77. The molecule has 2 atom stereocenters. The number of benzene rings is 2. The van der Waals surface area contributed by atoms with Crippen molar-refractivity contribution in [2.24, 2.45) is 0 Å². The summed E-state index contributed by atoms with van der Waals surface area (Å²) < 4.78 is 26.3. The molecule has 0 amide bonds. The van der Waals surface area contributed by atoms with Crippen LogP contribution >= 0.6 is 0 Å². The van der Waals surface area contributed by atoms with Gasteiger partial charge in [-0.15, -0.1) is 0 Å². The van der Waals surface area contributed by atoms with E-state index in [1.807, 2.05) is 42.5 Å². The Balaban J connectivity index is 2.00. The molecule has 0 spiro atoms. The molecule has 2 aromatic rings. The van der Waals surface area contributed by atoms with Gasteiger partial charge >= 0.3 is 0 Å². The third kappa shape index (κ3) is 3.16. The van der Waals surface area contributed by atoms with Gasteiger partial charge in [-0.1, -0.05) is 68.4 Å². The molecular formula is C20H22O3S. The van der Waals surface area contributed by atoms with Crippen molar-refractivity contribution in [3.8, 4) is 0 Å². The second-order valence-electron chi connectivity index (χ2n) is 6.75. The van der Waals surface area contributed by atoms with Gasteiger partial charge in [0.05, 0.1) is 10.5 Å². The van der Waals surface area contributed by atoms with Crippen LogP contribution in [0.1, 0.15) is 59.8 Å². The van der Waals surface area contributed by atoms with Crippen LogP contribution in [-0.2, 0) is 14.6 Å². The second-order valence-corrected chi connectivity index (χ2v) is 9.06. The second kappa shape index (κ2) is 6.52. The number of Topliss-reactive ketones (excluding diaryl/α,β-unsaturated/α-hetero) is 1. The Bertz CT molecular complexity index is 821. The molecule has 126 valence electrons. The Morgan fingerprint density at radius 1 is 0.833 bits per heavy atom. The van der Waals surface area contributed by atoms with E-state index in [-0.39, 0.29) is 18.6 Å². The molecule has 0 bridgehead atoms. The molecule has 4 heteroatoms. The van der Waals surface area contributed by atoms with Crippen LogP contribution < -0.4 is 0 Å². The third-order valence-corrected chi connectivity index (χ3v) is 7.23. The molecule has 24 heavy (non-hydrogen) atoms. The highest BCUT2D eigenvalue weighted by atomic mass is 32.2. The Labute approximate surface area is 143 Å². The number of rotatable bonds is 3. The number of hydrogen-bond donors (Lipinski definition) is 0. The van der Waals surface area contributed by atoms with Crippen molar-refractivity contribution in [2.45, 2.75) is 43.1 Å². The summed E-state index contributed by atoms with van der Waals surface area (Å²) in [6.07, 6.45) is 0.152. The summed E-state index contributed by atoms with van der Waals surface area (Å²) in [6, 6.07) is 16.7. The van der Waals surface area contributed by atoms with Crippen LogP contribution in [0.3, 0.4) is 0 Å². The van der Waals surface area contributed by atoms with Gasteiger partial charge in [-0.05, 0) is 22.6 Å². The normalized spacial score (nSPS) is 23.4. The van der Waals surface area contributed by atoms with Crippen molar-refractivity contribution in [2.75, 3.05) is 0 Å². The maximum absolute atomic E-state index is 13.1. The minimum Gasteiger partial charge on any atom is -0.300 e. The molecule has 0 N–H and O–H groups in total. The summed E-state index contributed by atoms with van der Waals surface area (Å²) in [7, 11) is -3.46. The first-order valence-electron chi connectivity index (χ1n) is 8.29. The van der Waals surface area contributed by atoms with E-state index in [9.17, 15) is 13.2 Å². The summed E-state index contributed by atoms with van der Waals surface area (Å²) >= 11 is 0. The topological polar surface area (TPSA) is 51.2 Å². The van der Waals surface area contributed by atoms with Crippen molar-refractivity contribution >= 4 is 15.6 Å². The monoisotopic (exact) mass is 342 g/mol. The predicted molar refractivity (Wildman–Crippen MR) is 95.6 cm³/mol. The number of hydrogen-bond acceptors (Lipinski definition) is 3. The molecule has 1 aliphatic heterocycles. The zero-order valence-electron chi connectivity index (χ0n) is 14.0. The van der Waals surface area contributed by atoms with Gasteiger partial charge in [0.2, 0.25) is 0 Å². The zero-order chi connectivity index (χ0) is 17.3. The predicted octanol–water partition coefficient (Wildman–Crippen LogP) is 4.37. The van der Waals surface area contributed by atoms with E-state index in [1.165, 1.54) is 0 Å². The summed E-state index contributed by atoms with van der Waals surface area (Å²) in [5.74, 6) is 0.400. The highest BCUT2D eigenvalue weighted by Gasteiger charge is 2.42. The lowest BCUT2D eigenvalue weighted by molar-refractivity contribution is -0.119. The summed E-state index contributed by atoms with van der Waals surface area (Å²) in [4.78, 5) is 12.2. The van der Waals surface area contributed by atoms with E-state index in [0.717, 1.165) is 5.56 Å². The first-order chi connectivity index (χ1) is 11.4. The van der Waals surface area contributed by atoms with Crippen LogP contribution in [0.4, 0.5) is 0 Å². The minimum absolute atomic E-state index is 0.0108. The van der Waals surface area contributed by atoms with Gasteiger partial charge in [-0.25, -0.2) is 8.42 Å². The molecule has 0 aliphatic carbocycles. The lowest BCUT2D eigenvalue weighted by Crippen LogP contribution is -2.30. The van der Waals surface area contributed by atoms with Gasteiger partial charge in [-0.2, -0.15) is 0 Å². The minimum atomic E-state index is -3.46. The molecule has 1 fully saturated rings. The maximum Gasteiger partial charge on any atom is 0.165 e. The van der Waals surface area contributed by atoms with Crippen molar-refractivity contribution < 1.29 is 13.2 Å². The van der Waals surface area contributed by atoms with Gasteiger partial charge in [0.15, 0.2) is 9.84 Å². The largest absolute Gasteiger partial charge is 0.300 e. The first kappa shape index (κ1) is 16.9. The van der Waals surface area contributed by atoms with E-state index < -0.39 is 20.3 Å². The fourth-order valence-corrected chi connectivity index (χ4v) is 5.61. The lowest BCUT2D eigenvalue weighted by Gasteiger charge is -2.29. The Morgan fingerprint density at radius 3 is 1.83 bits per heavy atom. The van der Waals surface area contributed by atoms with Crippen molar-refractivity contribution in [3.05, 3.63) is 71.3 Å². The molecule has 0 radical (unpaired) electrons. The number of sulfone groups is 1. The van der Waals surface area contributed by atoms with Gasteiger partial charge in [0.1, 0.15) is 5.78 Å². The SMILES string of the molecule is CC(C)c1ccc(C2CC(=O)CC(c3ccccc3)S2(=O)=O)cc1. The van der Waals surface area contributed by atoms with Crippen LogP contribution in [-0.4, -0.2) is 14.2 Å². The van der Waals surface area contributed by atoms with Crippen LogP contribution in [0, 0.1) is 0 Å². The van der Waals surface area contributed by atoms with Gasteiger partial charge < -0.3 is 0 Å². The Kier molecular flexibility index (Phi) is 4.59. The fourth-order valence-electron chi connectivity index (χ4n) is 3.31. The summed E-state index contributed by atoms with van der Waals surface area (Å²) in [5, 5.41) is -1.49. The fraction of sp³-hybridized carbons (Fsp3) is 0.350. The van der Waals surface area contributed by atoms with E-state index in [0.29, 0.717) is 17.0 Å². The number of ketones is 1. The Morgan fingerprint density at radius 2 is 1.33 bits per heavy atom. The highest BCUT2D eigenvalue weighted by Crippen LogP contribution is 2.43. The lowest BCUT2D eigenvalue weighted by atomic mass is 9.97. The van der Waals surface area contributed by atoms with E-state index in [4.69, 9.17) is 0 Å². The van der Waals surface area contributed by atoms with Crippen LogP contribution in [0.5, 0.6) is 0 Å². The quantitative estimate of drug-likeness (QED) is 0.832. The van der Waals surface area contributed by atoms with Crippen molar-refractivity contribution in [1.82, 2.24) is 0 Å². The molecule has 0 aromatic heterocycles. The molecule has 3 nitrogen and oxygen atoms in total. The number of carbonyl (C=O) groups is 1. The molecule has 2 aromatic carbocycles. The first-order valence-corrected chi connectivity index (χ1v) is 9.89. The average Bonchev–Trinajstić information content (AvgIpc) is 2.57. The summed E-state index contributed by atoms with van der Waals surface area (Å²) in [5.41, 5.74) is 2.58. The molecule has 3 rings (SSSR count). The molecular weight excluding hydrogens is 320 g/mol. The van der Waals surface area contributed by atoms with Crippen LogP contribution in [0.15, 0.2) is 54.6 Å². The number of carbonyl (C=O) groups excluding carboxylic acids is 1. The van der Waals surface area contributed by atoms with Crippen molar-refractivity contribution in [3.63, 3.8) is 0 Å². The molecule has 1 aliphatic rings. The standard InChI is InChI=1S/C20H22O3S/c1-14(2)15-8-10-17(11-9-15)20-13-18(21)12-19(24(20,22)23)16-6-4-3-5-7-16/h3-11,14,19-20H,12-13H2,1-2H3. The van der Waals surface area contributed by atoms with Gasteiger partial charge in [0.25, 0.3) is 0 Å². The summed E-state index contributed by atoms with van der Waals surface area (Å²) in [6.45, 7) is 4.20. The van der Waals surface area contributed by atoms with Crippen LogP contribution in [0.2, 0.25) is 0 Å². The maximum atomic E-state index is 13.1. The van der Waals surface area contributed by atoms with Gasteiger partial charge in [0, 0.05) is 12.8 Å². The van der Waals surface area contributed by atoms with E-state index in [2.05, 4.69) is 13.8 Å². The molecule has 1 saturated heterocycles. The van der Waals surface area contributed by atoms with Crippen molar-refractivity contribution in [1.29, 1.82) is 0 Å². The van der Waals surface area contributed by atoms with Gasteiger partial charge in [-0.3, -0.25) is 4.79 Å². The average molecular weight is 342 g/mol. The zero-order valence-corrected chi connectivity index (χ0v) is 14.8. The smallest absolute Gasteiger partial charge is 0.165 e. The van der Waals surface area contributed by atoms with E-state index >= 15 is 0 Å². The molecule has 2 unspecified atom stereocenters. The van der Waals surface area contributed by atoms with E-state index in [1.54, 1.807) is 12.1 Å². The molecule has 1 heterocycles. The molecule has 0 saturated carbocycles. The van der Waals surface area contributed by atoms with Crippen LogP contribution in [0.25, 0.3) is 0 Å². The highest BCUT2D eigenvalue weighted by molar-refractivity contribution is 7.92. The Hall–Kier alpha value is -1.94.